The van der Waals surface area contributed by atoms with Crippen molar-refractivity contribution in [2.75, 3.05) is 53.3 Å². The largest absolute Gasteiger partial charge is 0.497 e. The van der Waals surface area contributed by atoms with Gasteiger partial charge in [0.05, 0.1) is 38.2 Å². The van der Waals surface area contributed by atoms with E-state index in [1.54, 1.807) is 26.4 Å². The van der Waals surface area contributed by atoms with Gasteiger partial charge >= 0.3 is 6.03 Å². The van der Waals surface area contributed by atoms with E-state index >= 15 is 0 Å². The first kappa shape index (κ1) is 18.4. The Labute approximate surface area is 160 Å². The maximum atomic E-state index is 13.0. The Morgan fingerprint density at radius 3 is 2.89 bits per heavy atom. The topological polar surface area (TPSA) is 63.3 Å². The van der Waals surface area contributed by atoms with E-state index in [0.29, 0.717) is 41.7 Å². The summed E-state index contributed by atoms with van der Waals surface area (Å²) in [6.07, 6.45) is 2.51. The monoisotopic (exact) mass is 375 g/mol. The number of amides is 2. The predicted molar refractivity (Wildman–Crippen MR) is 103 cm³/mol. The summed E-state index contributed by atoms with van der Waals surface area (Å²) in [6.45, 7) is 2.42. The maximum Gasteiger partial charge on any atom is 0.322 e. The van der Waals surface area contributed by atoms with Crippen molar-refractivity contribution in [3.05, 3.63) is 18.2 Å². The van der Waals surface area contributed by atoms with Crippen LogP contribution < -0.4 is 14.8 Å². The third kappa shape index (κ3) is 3.12. The van der Waals surface area contributed by atoms with Gasteiger partial charge in [-0.1, -0.05) is 0 Å². The number of hydrogen-bond donors (Lipinski definition) is 1. The predicted octanol–water partition coefficient (Wildman–Crippen LogP) is 2.28. The second-order valence-corrected chi connectivity index (χ2v) is 8.17. The van der Waals surface area contributed by atoms with Crippen LogP contribution >= 0.6 is 0 Å². The summed E-state index contributed by atoms with van der Waals surface area (Å²) in [5, 5.41) is 2.99. The molecule has 1 aromatic rings. The van der Waals surface area contributed by atoms with Gasteiger partial charge in [-0.3, -0.25) is 0 Å². The molecule has 27 heavy (non-hydrogen) atoms. The SMILES string of the molecule is COc1ccc(OC)c(NC(=O)N2C[C@@H]3[C@H](CN(C)C)[C@H]4CC[C@]3(C2)O4)c1. The van der Waals surface area contributed by atoms with Gasteiger partial charge in [-0.25, -0.2) is 4.79 Å². The Bertz CT molecular complexity index is 725. The molecule has 3 heterocycles. The van der Waals surface area contributed by atoms with Gasteiger partial charge in [0.2, 0.25) is 0 Å². The molecule has 3 aliphatic heterocycles. The van der Waals surface area contributed by atoms with Crippen LogP contribution in [0.5, 0.6) is 11.5 Å². The first-order chi connectivity index (χ1) is 13.0. The van der Waals surface area contributed by atoms with E-state index in [9.17, 15) is 4.79 Å². The van der Waals surface area contributed by atoms with E-state index in [4.69, 9.17) is 14.2 Å². The van der Waals surface area contributed by atoms with Crippen molar-refractivity contribution in [3.8, 4) is 11.5 Å². The van der Waals surface area contributed by atoms with Gasteiger partial charge < -0.3 is 29.3 Å². The van der Waals surface area contributed by atoms with E-state index in [1.165, 1.54) is 0 Å². The van der Waals surface area contributed by atoms with Gasteiger partial charge in [0.15, 0.2) is 0 Å². The highest BCUT2D eigenvalue weighted by atomic mass is 16.5. The van der Waals surface area contributed by atoms with E-state index in [0.717, 1.165) is 25.9 Å². The molecule has 0 saturated carbocycles. The number of methoxy groups -OCH3 is 2. The average molecular weight is 375 g/mol. The van der Waals surface area contributed by atoms with Crippen molar-refractivity contribution < 1.29 is 19.0 Å². The molecule has 0 unspecified atom stereocenters. The molecule has 1 N–H and O–H groups in total. The summed E-state index contributed by atoms with van der Waals surface area (Å²) in [4.78, 5) is 17.1. The van der Waals surface area contributed by atoms with Crippen molar-refractivity contribution in [3.63, 3.8) is 0 Å². The molecule has 0 aliphatic carbocycles. The lowest BCUT2D eigenvalue weighted by Gasteiger charge is -2.30. The smallest absolute Gasteiger partial charge is 0.322 e. The van der Waals surface area contributed by atoms with E-state index in [1.807, 2.05) is 11.0 Å². The Kier molecular flexibility index (Phi) is 4.68. The van der Waals surface area contributed by atoms with Gasteiger partial charge in [0.1, 0.15) is 11.5 Å². The van der Waals surface area contributed by atoms with Crippen LogP contribution in [0.15, 0.2) is 18.2 Å². The zero-order valence-corrected chi connectivity index (χ0v) is 16.5. The van der Waals surface area contributed by atoms with Crippen LogP contribution in [0, 0.1) is 11.8 Å². The minimum Gasteiger partial charge on any atom is -0.497 e. The Balaban J connectivity index is 1.49. The molecule has 148 valence electrons. The minimum absolute atomic E-state index is 0.110. The molecule has 4 rings (SSSR count). The highest BCUT2D eigenvalue weighted by Gasteiger charge is 2.63. The molecule has 0 radical (unpaired) electrons. The van der Waals surface area contributed by atoms with Gasteiger partial charge in [-0.2, -0.15) is 0 Å². The van der Waals surface area contributed by atoms with Crippen LogP contribution in [-0.2, 0) is 4.74 Å². The molecule has 1 spiro atoms. The molecule has 4 atom stereocenters. The summed E-state index contributed by atoms with van der Waals surface area (Å²) >= 11 is 0. The number of rotatable bonds is 5. The van der Waals surface area contributed by atoms with Crippen LogP contribution in [0.1, 0.15) is 12.8 Å². The van der Waals surface area contributed by atoms with Crippen molar-refractivity contribution in [2.24, 2.45) is 11.8 Å². The van der Waals surface area contributed by atoms with Crippen LogP contribution in [0.3, 0.4) is 0 Å². The quantitative estimate of drug-likeness (QED) is 0.855. The molecule has 3 aliphatic rings. The van der Waals surface area contributed by atoms with Crippen molar-refractivity contribution in [1.82, 2.24) is 9.80 Å². The number of fused-ring (bicyclic) bond motifs is 1. The Hall–Kier alpha value is -1.99. The fourth-order valence-corrected chi connectivity index (χ4v) is 5.12. The molecule has 7 heteroatoms. The standard InChI is InChI=1S/C20H29N3O4/c1-22(2)10-14-15-11-23(12-20(15)8-7-17(14)27-20)19(24)21-16-9-13(25-3)5-6-18(16)26-4/h5-6,9,14-15,17H,7-8,10-12H2,1-4H3,(H,21,24)/t14-,15+,17+,20+/m0/s1. The number of nitrogens with zero attached hydrogens (tertiary/aromatic N) is 2. The number of carbonyl (C=O) groups is 1. The molecule has 1 aromatic carbocycles. The fraction of sp³-hybridized carbons (Fsp3) is 0.650. The molecule has 2 bridgehead atoms. The molecular formula is C20H29N3O4. The van der Waals surface area contributed by atoms with Crippen molar-refractivity contribution in [1.29, 1.82) is 0 Å². The number of likely N-dealkylation sites (tertiary alicyclic amines) is 1. The molecule has 0 aromatic heterocycles. The summed E-state index contributed by atoms with van der Waals surface area (Å²) in [5.41, 5.74) is 0.465. The summed E-state index contributed by atoms with van der Waals surface area (Å²) in [7, 11) is 7.41. The highest BCUT2D eigenvalue weighted by molar-refractivity contribution is 5.91. The number of nitrogens with one attached hydrogen (secondary N) is 1. The normalized spacial score (nSPS) is 31.3. The first-order valence-corrected chi connectivity index (χ1v) is 9.56. The van der Waals surface area contributed by atoms with Crippen LogP contribution in [0.25, 0.3) is 0 Å². The number of benzene rings is 1. The number of carbonyl (C=O) groups excluding carboxylic acids is 1. The Morgan fingerprint density at radius 2 is 2.19 bits per heavy atom. The van der Waals surface area contributed by atoms with Crippen molar-refractivity contribution >= 4 is 11.7 Å². The lowest BCUT2D eigenvalue weighted by Crippen LogP contribution is -2.40. The average Bonchev–Trinajstić information content (AvgIpc) is 3.31. The third-order valence-electron chi connectivity index (χ3n) is 6.30. The third-order valence-corrected chi connectivity index (χ3v) is 6.30. The van der Waals surface area contributed by atoms with Crippen LogP contribution in [0.2, 0.25) is 0 Å². The first-order valence-electron chi connectivity index (χ1n) is 9.56. The second kappa shape index (κ2) is 6.87. The summed E-state index contributed by atoms with van der Waals surface area (Å²) in [6, 6.07) is 5.28. The number of ether oxygens (including phenoxy) is 3. The number of hydrogen-bond acceptors (Lipinski definition) is 5. The minimum atomic E-state index is -0.152. The lowest BCUT2D eigenvalue weighted by molar-refractivity contribution is 0.00534. The summed E-state index contributed by atoms with van der Waals surface area (Å²) in [5.74, 6) is 2.20. The van der Waals surface area contributed by atoms with Crippen LogP contribution in [-0.4, -0.2) is 75.5 Å². The van der Waals surface area contributed by atoms with E-state index in [-0.39, 0.29) is 11.6 Å². The Morgan fingerprint density at radius 1 is 1.37 bits per heavy atom. The van der Waals surface area contributed by atoms with Gasteiger partial charge in [-0.05, 0) is 39.1 Å². The molecule has 7 nitrogen and oxygen atoms in total. The van der Waals surface area contributed by atoms with E-state index < -0.39 is 0 Å². The maximum absolute atomic E-state index is 13.0. The zero-order chi connectivity index (χ0) is 19.2. The number of anilines is 1. The lowest BCUT2D eigenvalue weighted by atomic mass is 9.73. The van der Waals surface area contributed by atoms with Gasteiger partial charge in [0, 0.05) is 31.0 Å². The van der Waals surface area contributed by atoms with Gasteiger partial charge in [0.25, 0.3) is 0 Å². The fourth-order valence-electron chi connectivity index (χ4n) is 5.12. The molecule has 3 fully saturated rings. The van der Waals surface area contributed by atoms with E-state index in [2.05, 4.69) is 24.3 Å². The highest BCUT2D eigenvalue weighted by Crippen LogP contribution is 2.55. The zero-order valence-electron chi connectivity index (χ0n) is 16.5. The molecule has 3 saturated heterocycles. The number of urea groups is 1. The van der Waals surface area contributed by atoms with Gasteiger partial charge in [-0.15, -0.1) is 0 Å². The van der Waals surface area contributed by atoms with Crippen molar-refractivity contribution in [2.45, 2.75) is 24.5 Å². The molecular weight excluding hydrogens is 346 g/mol. The van der Waals surface area contributed by atoms with Crippen LogP contribution in [0.4, 0.5) is 10.5 Å². The second-order valence-electron chi connectivity index (χ2n) is 8.17. The molecule has 2 amide bonds. The summed E-state index contributed by atoms with van der Waals surface area (Å²) < 4.78 is 17.1.